The molecule has 20 heavy (non-hydrogen) atoms. The molecule has 0 bridgehead atoms. The van der Waals surface area contributed by atoms with Crippen LogP contribution in [0.2, 0.25) is 0 Å². The summed E-state index contributed by atoms with van der Waals surface area (Å²) in [7, 11) is 1.60. The minimum atomic E-state index is -0.486. The van der Waals surface area contributed by atoms with Gasteiger partial charge in [0.2, 0.25) is 0 Å². The third kappa shape index (κ3) is 2.23. The smallest absolute Gasteiger partial charge is 0.252 e. The predicted molar refractivity (Wildman–Crippen MR) is 75.6 cm³/mol. The number of methoxy groups -OCH3 is 1. The summed E-state index contributed by atoms with van der Waals surface area (Å²) in [6, 6.07) is 12.2. The summed E-state index contributed by atoms with van der Waals surface area (Å²) >= 11 is 5.41. The molecule has 0 aliphatic rings. The predicted octanol–water partition coefficient (Wildman–Crippen LogP) is 2.81. The van der Waals surface area contributed by atoms with Crippen molar-refractivity contribution in [1.29, 1.82) is 0 Å². The molecule has 1 heterocycles. The number of hydrogen-bond donors (Lipinski definition) is 0. The first-order valence-electron chi connectivity index (χ1n) is 5.89. The Morgan fingerprint density at radius 3 is 2.45 bits per heavy atom. The van der Waals surface area contributed by atoms with E-state index >= 15 is 0 Å². The molecule has 0 N–H and O–H groups in total. The number of rotatable bonds is 3. The van der Waals surface area contributed by atoms with Gasteiger partial charge in [0.25, 0.3) is 5.24 Å². The lowest BCUT2D eigenvalue weighted by Gasteiger charge is -1.99. The number of fused-ring (bicyclic) bond motifs is 1. The van der Waals surface area contributed by atoms with Crippen molar-refractivity contribution in [2.75, 3.05) is 7.11 Å². The van der Waals surface area contributed by atoms with Gasteiger partial charge in [0.15, 0.2) is 0 Å². The molecule has 0 aliphatic heterocycles. The monoisotopic (exact) mass is 287 g/mol. The lowest BCUT2D eigenvalue weighted by atomic mass is 10.2. The molecule has 0 unspecified atom stereocenters. The molecule has 0 saturated heterocycles. The highest BCUT2D eigenvalue weighted by atomic mass is 35.5. The Kier molecular flexibility index (Phi) is 3.12. The fourth-order valence-corrected chi connectivity index (χ4v) is 1.99. The van der Waals surface area contributed by atoms with E-state index in [1.807, 2.05) is 18.2 Å². The SMILES string of the molecule is COc1ccc2nn(-c3ccc(C(=O)Cl)cc3)nc2c1. The molecule has 0 radical (unpaired) electrons. The van der Waals surface area contributed by atoms with Crippen LogP contribution in [-0.2, 0) is 0 Å². The Hall–Kier alpha value is -2.40. The number of carbonyl (C=O) groups is 1. The molecule has 0 spiro atoms. The fraction of sp³-hybridized carbons (Fsp3) is 0.0714. The van der Waals surface area contributed by atoms with Gasteiger partial charge in [-0.1, -0.05) is 0 Å². The average molecular weight is 288 g/mol. The molecule has 0 fully saturated rings. The maximum atomic E-state index is 11.0. The van der Waals surface area contributed by atoms with Crippen molar-refractivity contribution in [3.8, 4) is 11.4 Å². The molecule has 6 heteroatoms. The Balaban J connectivity index is 2.03. The first kappa shape index (κ1) is 12.6. The van der Waals surface area contributed by atoms with E-state index in [4.69, 9.17) is 16.3 Å². The zero-order chi connectivity index (χ0) is 14.1. The molecular formula is C14H10ClN3O2. The summed E-state index contributed by atoms with van der Waals surface area (Å²) in [5.41, 5.74) is 2.70. The van der Waals surface area contributed by atoms with Crippen LogP contribution in [-0.4, -0.2) is 27.3 Å². The van der Waals surface area contributed by atoms with Crippen LogP contribution in [0.4, 0.5) is 0 Å². The van der Waals surface area contributed by atoms with Crippen LogP contribution in [0.15, 0.2) is 42.5 Å². The van der Waals surface area contributed by atoms with E-state index < -0.39 is 5.24 Å². The molecule has 3 rings (SSSR count). The maximum Gasteiger partial charge on any atom is 0.252 e. The second-order valence-electron chi connectivity index (χ2n) is 4.16. The van der Waals surface area contributed by atoms with Gasteiger partial charge in [0.05, 0.1) is 12.8 Å². The number of carbonyl (C=O) groups excluding carboxylic acids is 1. The highest BCUT2D eigenvalue weighted by Gasteiger charge is 2.07. The standard InChI is InChI=1S/C14H10ClN3O2/c1-20-11-6-7-12-13(8-11)17-18(16-12)10-4-2-9(3-5-10)14(15)19/h2-8H,1H3. The molecule has 0 saturated carbocycles. The van der Waals surface area contributed by atoms with Crippen molar-refractivity contribution < 1.29 is 9.53 Å². The Labute approximate surface area is 119 Å². The van der Waals surface area contributed by atoms with E-state index in [9.17, 15) is 4.79 Å². The average Bonchev–Trinajstić information content (AvgIpc) is 2.90. The van der Waals surface area contributed by atoms with Crippen molar-refractivity contribution in [1.82, 2.24) is 15.0 Å². The van der Waals surface area contributed by atoms with E-state index in [1.54, 1.807) is 31.4 Å². The summed E-state index contributed by atoms with van der Waals surface area (Å²) in [5.74, 6) is 0.729. The van der Waals surface area contributed by atoms with Crippen molar-refractivity contribution in [3.63, 3.8) is 0 Å². The third-order valence-electron chi connectivity index (χ3n) is 2.91. The Morgan fingerprint density at radius 1 is 1.10 bits per heavy atom. The molecule has 0 aliphatic carbocycles. The third-order valence-corrected chi connectivity index (χ3v) is 3.13. The minimum Gasteiger partial charge on any atom is -0.497 e. The van der Waals surface area contributed by atoms with Crippen molar-refractivity contribution in [3.05, 3.63) is 48.0 Å². The summed E-state index contributed by atoms with van der Waals surface area (Å²) in [6.45, 7) is 0. The Bertz CT molecular complexity index is 781. The first-order chi connectivity index (χ1) is 9.67. The molecule has 3 aromatic rings. The second kappa shape index (κ2) is 4.94. The van der Waals surface area contributed by atoms with Crippen molar-refractivity contribution >= 4 is 27.9 Å². The van der Waals surface area contributed by atoms with Crippen LogP contribution in [0.1, 0.15) is 10.4 Å². The van der Waals surface area contributed by atoms with E-state index in [2.05, 4.69) is 10.2 Å². The largest absolute Gasteiger partial charge is 0.497 e. The molecule has 1 aromatic heterocycles. The van der Waals surface area contributed by atoms with Crippen molar-refractivity contribution in [2.45, 2.75) is 0 Å². The van der Waals surface area contributed by atoms with Crippen LogP contribution < -0.4 is 4.74 Å². The van der Waals surface area contributed by atoms with E-state index in [0.717, 1.165) is 22.5 Å². The highest BCUT2D eigenvalue weighted by Crippen LogP contribution is 2.19. The summed E-state index contributed by atoms with van der Waals surface area (Å²) in [5, 5.41) is 8.25. The van der Waals surface area contributed by atoms with Gasteiger partial charge >= 0.3 is 0 Å². The van der Waals surface area contributed by atoms with Crippen LogP contribution in [0, 0.1) is 0 Å². The number of aromatic nitrogens is 3. The number of halogens is 1. The van der Waals surface area contributed by atoms with Crippen LogP contribution in [0.5, 0.6) is 5.75 Å². The fourth-order valence-electron chi connectivity index (χ4n) is 1.86. The topological polar surface area (TPSA) is 57.0 Å². The number of nitrogens with zero attached hydrogens (tertiary/aromatic N) is 3. The van der Waals surface area contributed by atoms with Gasteiger partial charge in [0, 0.05) is 11.6 Å². The lowest BCUT2D eigenvalue weighted by Crippen LogP contribution is -1.99. The van der Waals surface area contributed by atoms with Gasteiger partial charge < -0.3 is 4.74 Å². The first-order valence-corrected chi connectivity index (χ1v) is 6.26. The number of hydrogen-bond acceptors (Lipinski definition) is 4. The molecule has 2 aromatic carbocycles. The van der Waals surface area contributed by atoms with Gasteiger partial charge in [-0.2, -0.15) is 4.80 Å². The highest BCUT2D eigenvalue weighted by molar-refractivity contribution is 6.67. The Morgan fingerprint density at radius 2 is 1.80 bits per heavy atom. The molecule has 100 valence electrons. The van der Waals surface area contributed by atoms with Crippen molar-refractivity contribution in [2.24, 2.45) is 0 Å². The van der Waals surface area contributed by atoms with Crippen LogP contribution in [0.25, 0.3) is 16.7 Å². The van der Waals surface area contributed by atoms with Crippen LogP contribution >= 0.6 is 11.6 Å². The maximum absolute atomic E-state index is 11.0. The van der Waals surface area contributed by atoms with Gasteiger partial charge in [0.1, 0.15) is 16.8 Å². The zero-order valence-electron chi connectivity index (χ0n) is 10.6. The van der Waals surface area contributed by atoms with Crippen LogP contribution in [0.3, 0.4) is 0 Å². The lowest BCUT2D eigenvalue weighted by molar-refractivity contribution is 0.108. The number of ether oxygens (including phenoxy) is 1. The van der Waals surface area contributed by atoms with Gasteiger partial charge in [-0.15, -0.1) is 10.2 Å². The van der Waals surface area contributed by atoms with E-state index in [1.165, 1.54) is 4.80 Å². The molecular weight excluding hydrogens is 278 g/mol. The van der Waals surface area contributed by atoms with Gasteiger partial charge in [-0.3, -0.25) is 4.79 Å². The summed E-state index contributed by atoms with van der Waals surface area (Å²) in [6.07, 6.45) is 0. The van der Waals surface area contributed by atoms with E-state index in [0.29, 0.717) is 5.56 Å². The molecule has 0 atom stereocenters. The number of benzene rings is 2. The second-order valence-corrected chi connectivity index (χ2v) is 4.51. The normalized spacial score (nSPS) is 10.7. The zero-order valence-corrected chi connectivity index (χ0v) is 11.3. The summed E-state index contributed by atoms with van der Waals surface area (Å²) < 4.78 is 5.15. The molecule has 5 nitrogen and oxygen atoms in total. The van der Waals surface area contributed by atoms with Gasteiger partial charge in [-0.05, 0) is 48.0 Å². The van der Waals surface area contributed by atoms with Gasteiger partial charge in [-0.25, -0.2) is 0 Å². The minimum absolute atomic E-state index is 0.439. The molecule has 0 amide bonds. The summed E-state index contributed by atoms with van der Waals surface area (Å²) in [4.78, 5) is 12.5. The van der Waals surface area contributed by atoms with E-state index in [-0.39, 0.29) is 0 Å². The quantitative estimate of drug-likeness (QED) is 0.695.